The molecular formula is C20H27N5O6. The van der Waals surface area contributed by atoms with Crippen LogP contribution in [0.1, 0.15) is 43.6 Å². The highest BCUT2D eigenvalue weighted by atomic mass is 16.8. The molecule has 0 radical (unpaired) electrons. The molecule has 2 saturated heterocycles. The minimum Gasteiger partial charge on any atom is -0.371 e. The Bertz CT molecular complexity index is 1060. The molecule has 2 aromatic rings. The number of hydrogen-bond donors (Lipinski definition) is 2. The fourth-order valence-electron chi connectivity index (χ4n) is 4.04. The van der Waals surface area contributed by atoms with Gasteiger partial charge in [0.25, 0.3) is 11.5 Å². The van der Waals surface area contributed by atoms with Crippen molar-refractivity contribution in [3.8, 4) is 0 Å². The topological polar surface area (TPSA) is 129 Å². The number of nitrogens with one attached hydrogen (secondary N) is 2. The van der Waals surface area contributed by atoms with E-state index in [1.807, 2.05) is 6.92 Å². The molecule has 0 unspecified atom stereocenters. The van der Waals surface area contributed by atoms with Crippen LogP contribution >= 0.6 is 0 Å². The van der Waals surface area contributed by atoms with Crippen molar-refractivity contribution in [3.63, 3.8) is 0 Å². The van der Waals surface area contributed by atoms with Crippen LogP contribution in [-0.4, -0.2) is 62.5 Å². The second-order valence-electron chi connectivity index (χ2n) is 8.22. The molecular weight excluding hydrogens is 406 g/mol. The summed E-state index contributed by atoms with van der Waals surface area (Å²) in [5.74, 6) is -1.13. The Morgan fingerprint density at radius 1 is 1.32 bits per heavy atom. The van der Waals surface area contributed by atoms with E-state index in [4.69, 9.17) is 14.2 Å². The lowest BCUT2D eigenvalue weighted by Gasteiger charge is -2.37. The molecule has 168 valence electrons. The highest BCUT2D eigenvalue weighted by molar-refractivity contribution is 5.93. The Hall–Kier alpha value is -2.76. The van der Waals surface area contributed by atoms with Gasteiger partial charge in [-0.1, -0.05) is 6.92 Å². The van der Waals surface area contributed by atoms with Gasteiger partial charge in [0, 0.05) is 31.5 Å². The minimum atomic E-state index is -0.878. The maximum absolute atomic E-state index is 12.5. The Morgan fingerprint density at radius 3 is 2.84 bits per heavy atom. The van der Waals surface area contributed by atoms with Crippen molar-refractivity contribution in [3.05, 3.63) is 51.1 Å². The summed E-state index contributed by atoms with van der Waals surface area (Å²) >= 11 is 0. The van der Waals surface area contributed by atoms with Crippen molar-refractivity contribution in [2.45, 2.75) is 63.9 Å². The Kier molecular flexibility index (Phi) is 5.82. The lowest BCUT2D eigenvalue weighted by atomic mass is 9.97. The average molecular weight is 433 g/mol. The second kappa shape index (κ2) is 8.40. The van der Waals surface area contributed by atoms with Gasteiger partial charge in [-0.05, 0) is 20.3 Å². The zero-order chi connectivity index (χ0) is 22.2. The number of amides is 1. The minimum absolute atomic E-state index is 0.168. The third-order valence-electron chi connectivity index (χ3n) is 5.41. The number of carbonyl (C=O) groups is 1. The first kappa shape index (κ1) is 21.5. The molecule has 31 heavy (non-hydrogen) atoms. The summed E-state index contributed by atoms with van der Waals surface area (Å²) in [7, 11) is 0. The highest BCUT2D eigenvalue weighted by Crippen LogP contribution is 2.39. The first-order chi connectivity index (χ1) is 14.8. The third-order valence-corrected chi connectivity index (χ3v) is 5.41. The fourth-order valence-corrected chi connectivity index (χ4v) is 4.04. The number of ether oxygens (including phenoxy) is 3. The number of fused-ring (bicyclic) bond motifs is 1. The van der Waals surface area contributed by atoms with Crippen LogP contribution in [0.5, 0.6) is 0 Å². The molecule has 11 nitrogen and oxygen atoms in total. The first-order valence-electron chi connectivity index (χ1n) is 10.4. The summed E-state index contributed by atoms with van der Waals surface area (Å²) in [6.07, 6.45) is 4.14. The molecule has 4 atom stereocenters. The van der Waals surface area contributed by atoms with Gasteiger partial charge in [-0.25, -0.2) is 4.79 Å². The van der Waals surface area contributed by atoms with Crippen LogP contribution in [-0.2, 0) is 20.8 Å². The lowest BCUT2D eigenvalue weighted by molar-refractivity contribution is -0.153. The molecule has 4 rings (SSSR count). The van der Waals surface area contributed by atoms with Crippen molar-refractivity contribution in [2.75, 3.05) is 13.2 Å². The molecule has 1 amide bonds. The van der Waals surface area contributed by atoms with Crippen molar-refractivity contribution in [2.24, 2.45) is 0 Å². The normalized spacial score (nSPS) is 27.1. The highest BCUT2D eigenvalue weighted by Gasteiger charge is 2.52. The lowest BCUT2D eigenvalue weighted by Crippen LogP contribution is -2.54. The molecule has 0 spiro atoms. The summed E-state index contributed by atoms with van der Waals surface area (Å²) in [6, 6.07) is 0.804. The summed E-state index contributed by atoms with van der Waals surface area (Å²) < 4.78 is 21.2. The molecule has 11 heteroatoms. The fraction of sp³-hybridized carbons (Fsp3) is 0.600. The molecule has 2 aliphatic heterocycles. The molecule has 2 N–H and O–H groups in total. The number of aromatic nitrogens is 4. The molecule has 0 saturated carbocycles. The van der Waals surface area contributed by atoms with Crippen LogP contribution in [0, 0.1) is 0 Å². The van der Waals surface area contributed by atoms with E-state index in [9.17, 15) is 14.4 Å². The van der Waals surface area contributed by atoms with E-state index >= 15 is 0 Å². The number of aryl methyl sites for hydroxylation is 1. The zero-order valence-corrected chi connectivity index (χ0v) is 17.7. The molecule has 2 fully saturated rings. The van der Waals surface area contributed by atoms with Gasteiger partial charge in [0.1, 0.15) is 18.3 Å². The molecule has 0 aliphatic carbocycles. The summed E-state index contributed by atoms with van der Waals surface area (Å²) in [4.78, 5) is 38.5. The number of carbonyl (C=O) groups excluding carboxylic acids is 1. The number of nitrogens with zero attached hydrogens (tertiary/aromatic N) is 3. The van der Waals surface area contributed by atoms with Gasteiger partial charge in [-0.15, -0.1) is 0 Å². The van der Waals surface area contributed by atoms with E-state index in [0.29, 0.717) is 5.56 Å². The predicted octanol–water partition coefficient (Wildman–Crippen LogP) is 0.0331. The van der Waals surface area contributed by atoms with Gasteiger partial charge in [-0.2, -0.15) is 5.10 Å². The SMILES string of the molecule is CCCn1cc(C(=O)NC[C@H]2OC[C@@H](n3ccc(=O)[nH]c3=O)[C@@H]3OC(C)(C)O[C@@H]32)cn1. The van der Waals surface area contributed by atoms with E-state index in [0.717, 1.165) is 13.0 Å². The van der Waals surface area contributed by atoms with Crippen LogP contribution in [0.25, 0.3) is 0 Å². The van der Waals surface area contributed by atoms with E-state index in [1.54, 1.807) is 24.7 Å². The predicted molar refractivity (Wildman–Crippen MR) is 109 cm³/mol. The molecule has 0 bridgehead atoms. The van der Waals surface area contributed by atoms with Gasteiger partial charge in [0.2, 0.25) is 0 Å². The molecule has 4 heterocycles. The van der Waals surface area contributed by atoms with Gasteiger partial charge in [0.05, 0.1) is 24.4 Å². The van der Waals surface area contributed by atoms with Crippen LogP contribution in [0.3, 0.4) is 0 Å². The van der Waals surface area contributed by atoms with Crippen LogP contribution in [0.4, 0.5) is 0 Å². The van der Waals surface area contributed by atoms with Gasteiger partial charge >= 0.3 is 5.69 Å². The van der Waals surface area contributed by atoms with Crippen LogP contribution in [0.15, 0.2) is 34.2 Å². The van der Waals surface area contributed by atoms with Gasteiger partial charge in [0.15, 0.2) is 5.79 Å². The van der Waals surface area contributed by atoms with Crippen molar-refractivity contribution in [1.29, 1.82) is 0 Å². The van der Waals surface area contributed by atoms with Crippen LogP contribution in [0.2, 0.25) is 0 Å². The van der Waals surface area contributed by atoms with Crippen molar-refractivity contribution in [1.82, 2.24) is 24.6 Å². The standard InChI is InChI=1S/C20H27N5O6/c1-4-6-24-10-12(8-22-24)18(27)21-9-14-17-16(30-20(2,3)31-17)13(11-29-14)25-7-5-15(26)23-19(25)28/h5,7-8,10,13-14,16-17H,4,6,9,11H2,1-3H3,(H,21,27)(H,23,26,28)/t13-,14-,16+,17-/m1/s1. The molecule has 0 aromatic carbocycles. The monoisotopic (exact) mass is 433 g/mol. The summed E-state index contributed by atoms with van der Waals surface area (Å²) in [5.41, 5.74) is -0.535. The maximum Gasteiger partial charge on any atom is 0.328 e. The second-order valence-corrected chi connectivity index (χ2v) is 8.22. The number of aromatic amines is 1. The maximum atomic E-state index is 12.5. The Labute approximate surface area is 178 Å². The largest absolute Gasteiger partial charge is 0.371 e. The van der Waals surface area contributed by atoms with E-state index in [2.05, 4.69) is 15.4 Å². The van der Waals surface area contributed by atoms with Gasteiger partial charge in [-0.3, -0.25) is 23.8 Å². The molecule has 2 aliphatic rings. The summed E-state index contributed by atoms with van der Waals surface area (Å²) in [6.45, 7) is 6.74. The Balaban J connectivity index is 1.47. The number of H-pyrrole nitrogens is 1. The number of rotatable bonds is 6. The quantitative estimate of drug-likeness (QED) is 0.658. The number of hydrogen-bond acceptors (Lipinski definition) is 7. The van der Waals surface area contributed by atoms with Crippen molar-refractivity contribution < 1.29 is 19.0 Å². The summed E-state index contributed by atoms with van der Waals surface area (Å²) in [5, 5.41) is 7.04. The van der Waals surface area contributed by atoms with E-state index in [-0.39, 0.29) is 19.1 Å². The zero-order valence-electron chi connectivity index (χ0n) is 17.7. The van der Waals surface area contributed by atoms with Gasteiger partial charge < -0.3 is 19.5 Å². The van der Waals surface area contributed by atoms with Crippen molar-refractivity contribution >= 4 is 5.91 Å². The smallest absolute Gasteiger partial charge is 0.328 e. The van der Waals surface area contributed by atoms with E-state index < -0.39 is 41.4 Å². The van der Waals surface area contributed by atoms with Crippen LogP contribution < -0.4 is 16.6 Å². The first-order valence-corrected chi connectivity index (χ1v) is 10.4. The Morgan fingerprint density at radius 2 is 2.10 bits per heavy atom. The third kappa shape index (κ3) is 4.48. The average Bonchev–Trinajstić information content (AvgIpc) is 3.30. The van der Waals surface area contributed by atoms with E-state index in [1.165, 1.54) is 23.0 Å². The molecule has 2 aromatic heterocycles.